The molecule has 0 aromatic heterocycles. The van der Waals surface area contributed by atoms with E-state index in [4.69, 9.17) is 9.88 Å². The van der Waals surface area contributed by atoms with E-state index in [0.29, 0.717) is 10.2 Å². The molecule has 18 heavy (non-hydrogen) atoms. The van der Waals surface area contributed by atoms with E-state index in [9.17, 15) is 12.8 Å². The number of halogens is 2. The quantitative estimate of drug-likeness (QED) is 0.921. The average Bonchev–Trinajstić information content (AvgIpc) is 2.74. The van der Waals surface area contributed by atoms with Crippen molar-refractivity contribution >= 4 is 26.0 Å². The Morgan fingerprint density at radius 2 is 1.94 bits per heavy atom. The normalized spacial score (nSPS) is 17.1. The first kappa shape index (κ1) is 13.8. The van der Waals surface area contributed by atoms with Gasteiger partial charge in [0, 0.05) is 6.07 Å². The fourth-order valence-corrected chi connectivity index (χ4v) is 3.21. The van der Waals surface area contributed by atoms with Crippen LogP contribution in [0.3, 0.4) is 0 Å². The van der Waals surface area contributed by atoms with E-state index < -0.39 is 20.7 Å². The van der Waals surface area contributed by atoms with E-state index in [2.05, 4.69) is 15.9 Å². The molecule has 2 N–H and O–H groups in total. The van der Waals surface area contributed by atoms with Crippen molar-refractivity contribution in [2.45, 2.75) is 36.7 Å². The second-order valence-corrected chi connectivity index (χ2v) is 6.67. The molecule has 0 unspecified atom stereocenters. The molecule has 7 heteroatoms. The Bertz CT molecular complexity index is 556. The van der Waals surface area contributed by atoms with Crippen LogP contribution in [-0.2, 0) is 10.0 Å². The van der Waals surface area contributed by atoms with Crippen LogP contribution in [0.1, 0.15) is 25.7 Å². The molecule has 2 rings (SSSR count). The van der Waals surface area contributed by atoms with E-state index >= 15 is 0 Å². The van der Waals surface area contributed by atoms with Crippen molar-refractivity contribution in [2.24, 2.45) is 5.14 Å². The Labute approximate surface area is 113 Å². The molecule has 1 fully saturated rings. The predicted molar refractivity (Wildman–Crippen MR) is 68.4 cm³/mol. The molecule has 0 aliphatic heterocycles. The molecule has 0 atom stereocenters. The zero-order valence-corrected chi connectivity index (χ0v) is 11.9. The summed E-state index contributed by atoms with van der Waals surface area (Å²) < 4.78 is 41.9. The summed E-state index contributed by atoms with van der Waals surface area (Å²) in [5.41, 5.74) is 0. The highest BCUT2D eigenvalue weighted by Crippen LogP contribution is 2.33. The SMILES string of the molecule is NS(=O)(=O)c1cc(Br)c(OC2CCCC2)cc1F. The minimum atomic E-state index is -4.06. The van der Waals surface area contributed by atoms with Crippen LogP contribution >= 0.6 is 15.9 Å². The Morgan fingerprint density at radius 1 is 1.33 bits per heavy atom. The maximum absolute atomic E-state index is 13.6. The van der Waals surface area contributed by atoms with Gasteiger partial charge in [0.15, 0.2) is 0 Å². The van der Waals surface area contributed by atoms with Gasteiger partial charge < -0.3 is 4.74 Å². The first-order valence-corrected chi connectivity index (χ1v) is 7.90. The third-order valence-corrected chi connectivity index (χ3v) is 4.43. The molecular formula is C11H13BrFNO3S. The summed E-state index contributed by atoms with van der Waals surface area (Å²) in [5.74, 6) is -0.583. The summed E-state index contributed by atoms with van der Waals surface area (Å²) >= 11 is 3.17. The predicted octanol–water partition coefficient (Wildman–Crippen LogP) is 2.56. The van der Waals surface area contributed by atoms with Gasteiger partial charge in [-0.3, -0.25) is 0 Å². The van der Waals surface area contributed by atoms with Gasteiger partial charge in [-0.25, -0.2) is 17.9 Å². The van der Waals surface area contributed by atoms with Crippen LogP contribution < -0.4 is 9.88 Å². The van der Waals surface area contributed by atoms with Crippen molar-refractivity contribution in [1.82, 2.24) is 0 Å². The maximum atomic E-state index is 13.6. The number of hydrogen-bond donors (Lipinski definition) is 1. The van der Waals surface area contributed by atoms with Crippen molar-refractivity contribution in [3.05, 3.63) is 22.4 Å². The number of hydrogen-bond acceptors (Lipinski definition) is 3. The highest BCUT2D eigenvalue weighted by atomic mass is 79.9. The summed E-state index contributed by atoms with van der Waals surface area (Å²) in [5, 5.41) is 4.91. The molecule has 0 amide bonds. The van der Waals surface area contributed by atoms with E-state index in [0.717, 1.165) is 37.8 Å². The van der Waals surface area contributed by atoms with E-state index in [1.807, 2.05) is 0 Å². The van der Waals surface area contributed by atoms with E-state index in [1.54, 1.807) is 0 Å². The highest BCUT2D eigenvalue weighted by Gasteiger charge is 2.21. The van der Waals surface area contributed by atoms with Crippen LogP contribution in [0.2, 0.25) is 0 Å². The molecule has 1 aromatic carbocycles. The number of benzene rings is 1. The summed E-state index contributed by atoms with van der Waals surface area (Å²) in [7, 11) is -4.06. The van der Waals surface area contributed by atoms with Crippen molar-refractivity contribution in [2.75, 3.05) is 0 Å². The van der Waals surface area contributed by atoms with Crippen LogP contribution in [0.15, 0.2) is 21.5 Å². The lowest BCUT2D eigenvalue weighted by Crippen LogP contribution is -2.15. The van der Waals surface area contributed by atoms with Crippen LogP contribution in [0.25, 0.3) is 0 Å². The zero-order chi connectivity index (χ0) is 13.3. The van der Waals surface area contributed by atoms with Gasteiger partial charge in [-0.1, -0.05) is 0 Å². The first-order valence-electron chi connectivity index (χ1n) is 5.56. The monoisotopic (exact) mass is 337 g/mol. The third-order valence-electron chi connectivity index (χ3n) is 2.89. The van der Waals surface area contributed by atoms with Gasteiger partial charge in [0.2, 0.25) is 10.0 Å². The largest absolute Gasteiger partial charge is 0.489 e. The summed E-state index contributed by atoms with van der Waals surface area (Å²) in [6, 6.07) is 2.19. The Kier molecular flexibility index (Phi) is 3.93. The van der Waals surface area contributed by atoms with Crippen LogP contribution in [0.5, 0.6) is 5.75 Å². The lowest BCUT2D eigenvalue weighted by atomic mass is 10.3. The molecule has 0 radical (unpaired) electrons. The van der Waals surface area contributed by atoms with E-state index in [-0.39, 0.29) is 6.10 Å². The molecule has 0 heterocycles. The molecule has 1 saturated carbocycles. The number of sulfonamides is 1. The van der Waals surface area contributed by atoms with Gasteiger partial charge >= 0.3 is 0 Å². The van der Waals surface area contributed by atoms with Gasteiger partial charge in [0.25, 0.3) is 0 Å². The highest BCUT2D eigenvalue weighted by molar-refractivity contribution is 9.10. The molecule has 100 valence electrons. The second kappa shape index (κ2) is 5.14. The lowest BCUT2D eigenvalue weighted by Gasteiger charge is -2.15. The lowest BCUT2D eigenvalue weighted by molar-refractivity contribution is 0.207. The Balaban J connectivity index is 2.30. The standard InChI is InChI=1S/C11H13BrFNO3S/c12-8-5-11(18(14,15)16)9(13)6-10(8)17-7-3-1-2-4-7/h5-7H,1-4H2,(H2,14,15,16). The topological polar surface area (TPSA) is 69.4 Å². The molecule has 0 bridgehead atoms. The summed E-state index contributed by atoms with van der Waals surface area (Å²) in [4.78, 5) is -0.534. The second-order valence-electron chi connectivity index (χ2n) is 4.28. The molecule has 1 aromatic rings. The zero-order valence-electron chi connectivity index (χ0n) is 9.53. The van der Waals surface area contributed by atoms with Crippen molar-refractivity contribution in [3.63, 3.8) is 0 Å². The van der Waals surface area contributed by atoms with Crippen LogP contribution in [0, 0.1) is 5.82 Å². The molecule has 1 aliphatic rings. The fourth-order valence-electron chi connectivity index (χ4n) is 2.00. The van der Waals surface area contributed by atoms with Crippen molar-refractivity contribution in [1.29, 1.82) is 0 Å². The van der Waals surface area contributed by atoms with Crippen molar-refractivity contribution < 1.29 is 17.5 Å². The number of nitrogens with two attached hydrogens (primary N) is 1. The van der Waals surface area contributed by atoms with E-state index in [1.165, 1.54) is 0 Å². The third kappa shape index (κ3) is 3.02. The summed E-state index contributed by atoms with van der Waals surface area (Å²) in [6.45, 7) is 0. The maximum Gasteiger partial charge on any atom is 0.241 e. The molecular weight excluding hydrogens is 325 g/mol. The van der Waals surface area contributed by atoms with Gasteiger partial charge in [-0.15, -0.1) is 0 Å². The van der Waals surface area contributed by atoms with Crippen LogP contribution in [-0.4, -0.2) is 14.5 Å². The molecule has 1 aliphatic carbocycles. The Morgan fingerprint density at radius 3 is 2.50 bits per heavy atom. The summed E-state index contributed by atoms with van der Waals surface area (Å²) in [6.07, 6.45) is 4.14. The number of primary sulfonamides is 1. The Hall–Kier alpha value is -0.660. The number of rotatable bonds is 3. The minimum Gasteiger partial charge on any atom is -0.489 e. The molecule has 0 spiro atoms. The minimum absolute atomic E-state index is 0.0704. The van der Waals surface area contributed by atoms with Gasteiger partial charge in [0.1, 0.15) is 16.5 Å². The average molecular weight is 338 g/mol. The molecule has 0 saturated heterocycles. The fraction of sp³-hybridized carbons (Fsp3) is 0.455. The molecule has 4 nitrogen and oxygen atoms in total. The smallest absolute Gasteiger partial charge is 0.241 e. The van der Waals surface area contributed by atoms with Gasteiger partial charge in [-0.2, -0.15) is 0 Å². The first-order chi connectivity index (χ1) is 8.38. The van der Waals surface area contributed by atoms with Gasteiger partial charge in [0.05, 0.1) is 10.6 Å². The van der Waals surface area contributed by atoms with Crippen LogP contribution in [0.4, 0.5) is 4.39 Å². The van der Waals surface area contributed by atoms with Gasteiger partial charge in [-0.05, 0) is 47.7 Å². The number of ether oxygens (including phenoxy) is 1. The van der Waals surface area contributed by atoms with Crippen molar-refractivity contribution in [3.8, 4) is 5.75 Å².